The summed E-state index contributed by atoms with van der Waals surface area (Å²) in [5.41, 5.74) is 0.795. The molecular weight excluding hydrogens is 356 g/mol. The first kappa shape index (κ1) is 14.5. The molecule has 1 N–H and O–H groups in total. The number of benzene rings is 2. The minimum absolute atomic E-state index is 0.0476. The van der Waals surface area contributed by atoms with Crippen LogP contribution in [0.5, 0.6) is 0 Å². The highest BCUT2D eigenvalue weighted by atomic mass is 79.9. The molecule has 5 heteroatoms. The number of hydrogen-bond donors (Lipinski definition) is 1. The number of nitrogens with zero attached hydrogens (tertiary/aromatic N) is 1. The normalized spacial score (nSPS) is 26.3. The Balaban J connectivity index is 1.79. The van der Waals surface area contributed by atoms with Gasteiger partial charge in [0.05, 0.1) is 0 Å². The number of nitrogens with one attached hydrogen (secondary N) is 1. The zero-order valence-electron chi connectivity index (χ0n) is 12.3. The molecule has 0 aliphatic carbocycles. The van der Waals surface area contributed by atoms with Crippen molar-refractivity contribution in [1.29, 1.82) is 0 Å². The van der Waals surface area contributed by atoms with Crippen molar-refractivity contribution < 1.29 is 9.59 Å². The Morgan fingerprint density at radius 1 is 1.04 bits per heavy atom. The van der Waals surface area contributed by atoms with Crippen LogP contribution >= 0.6 is 15.9 Å². The van der Waals surface area contributed by atoms with E-state index < -0.39 is 5.54 Å². The lowest BCUT2D eigenvalue weighted by Gasteiger charge is -2.28. The zero-order valence-corrected chi connectivity index (χ0v) is 13.9. The Morgan fingerprint density at radius 3 is 2.43 bits per heavy atom. The molecule has 2 saturated heterocycles. The molecule has 2 aliphatic heterocycles. The molecule has 116 valence electrons. The Hall–Kier alpha value is -2.14. The Morgan fingerprint density at radius 2 is 1.74 bits per heavy atom. The highest BCUT2D eigenvalue weighted by molar-refractivity contribution is 9.10. The van der Waals surface area contributed by atoms with Crippen LogP contribution in [0.1, 0.15) is 12.0 Å². The molecule has 4 rings (SSSR count). The summed E-state index contributed by atoms with van der Waals surface area (Å²) >= 11 is 3.41. The molecule has 2 amide bonds. The maximum absolute atomic E-state index is 13.2. The molecule has 2 aliphatic rings. The first-order chi connectivity index (χ1) is 11.1. The van der Waals surface area contributed by atoms with Gasteiger partial charge in [-0.25, -0.2) is 0 Å². The molecule has 2 aromatic carbocycles. The Bertz CT molecular complexity index is 775. The number of fused-ring (bicyclic) bond motifs is 1. The van der Waals surface area contributed by atoms with E-state index in [0.29, 0.717) is 13.0 Å². The number of hydrogen-bond acceptors (Lipinski definition) is 2. The molecule has 0 saturated carbocycles. The predicted molar refractivity (Wildman–Crippen MR) is 90.9 cm³/mol. The average molecular weight is 371 g/mol. The van der Waals surface area contributed by atoms with Crippen molar-refractivity contribution in [3.8, 4) is 0 Å². The highest BCUT2D eigenvalue weighted by Gasteiger charge is 2.60. The van der Waals surface area contributed by atoms with Crippen molar-refractivity contribution in [3.63, 3.8) is 0 Å². The number of carbonyl (C=O) groups excluding carboxylic acids is 2. The smallest absolute Gasteiger partial charge is 0.257 e. The fraction of sp³-hybridized carbons (Fsp3) is 0.222. The third-order valence-corrected chi connectivity index (χ3v) is 5.26. The van der Waals surface area contributed by atoms with Crippen molar-refractivity contribution in [2.75, 3.05) is 11.4 Å². The second kappa shape index (κ2) is 5.20. The van der Waals surface area contributed by atoms with E-state index in [1.54, 1.807) is 4.90 Å². The zero-order chi connectivity index (χ0) is 16.0. The lowest BCUT2D eigenvalue weighted by atomic mass is 9.82. The van der Waals surface area contributed by atoms with Gasteiger partial charge in [-0.05, 0) is 29.8 Å². The first-order valence-electron chi connectivity index (χ1n) is 7.55. The predicted octanol–water partition coefficient (Wildman–Crippen LogP) is 2.83. The lowest BCUT2D eigenvalue weighted by Crippen LogP contribution is -2.49. The number of halogens is 1. The van der Waals surface area contributed by atoms with Crippen LogP contribution in [-0.4, -0.2) is 18.4 Å². The van der Waals surface area contributed by atoms with E-state index in [1.807, 2.05) is 54.6 Å². The number of carbonyl (C=O) groups is 2. The van der Waals surface area contributed by atoms with Crippen molar-refractivity contribution in [3.05, 3.63) is 64.6 Å². The molecule has 0 aromatic heterocycles. The summed E-state index contributed by atoms with van der Waals surface area (Å²) in [4.78, 5) is 27.0. The van der Waals surface area contributed by atoms with E-state index in [0.717, 1.165) is 15.7 Å². The average Bonchev–Trinajstić information content (AvgIpc) is 3.03. The van der Waals surface area contributed by atoms with Gasteiger partial charge in [-0.2, -0.15) is 0 Å². The summed E-state index contributed by atoms with van der Waals surface area (Å²) in [6.45, 7) is 0.550. The standard InChI is InChI=1S/C18H15BrN2O2/c19-14-6-8-15(9-7-14)21-11-13-10-16(22)20-18(13,17(21)23)12-4-2-1-3-5-12/h1-9,13H,10-11H2,(H,20,22)/t13-,18+/m1/s1. The number of anilines is 1. The van der Waals surface area contributed by atoms with E-state index in [9.17, 15) is 9.59 Å². The van der Waals surface area contributed by atoms with Gasteiger partial charge in [0.15, 0.2) is 0 Å². The molecule has 0 radical (unpaired) electrons. The fourth-order valence-electron chi connectivity index (χ4n) is 3.67. The fourth-order valence-corrected chi connectivity index (χ4v) is 3.94. The van der Waals surface area contributed by atoms with Crippen LogP contribution < -0.4 is 10.2 Å². The maximum atomic E-state index is 13.2. The van der Waals surface area contributed by atoms with Gasteiger partial charge in [-0.3, -0.25) is 9.59 Å². The Kier molecular flexibility index (Phi) is 3.27. The SMILES string of the molecule is O=C1C[C@@H]2CN(c3ccc(Br)cc3)C(=O)[C@@]2(c2ccccc2)N1. The van der Waals surface area contributed by atoms with Crippen molar-refractivity contribution in [2.45, 2.75) is 12.0 Å². The second-order valence-electron chi connectivity index (χ2n) is 6.02. The van der Waals surface area contributed by atoms with Gasteiger partial charge in [0.1, 0.15) is 5.54 Å². The van der Waals surface area contributed by atoms with Gasteiger partial charge in [-0.15, -0.1) is 0 Å². The molecule has 23 heavy (non-hydrogen) atoms. The molecule has 4 nitrogen and oxygen atoms in total. The molecule has 2 heterocycles. The number of rotatable bonds is 2. The van der Waals surface area contributed by atoms with Crippen LogP contribution in [0.25, 0.3) is 0 Å². The van der Waals surface area contributed by atoms with E-state index in [2.05, 4.69) is 21.2 Å². The minimum Gasteiger partial charge on any atom is -0.338 e. The van der Waals surface area contributed by atoms with Gasteiger partial charge in [0.25, 0.3) is 5.91 Å². The molecular formula is C18H15BrN2O2. The first-order valence-corrected chi connectivity index (χ1v) is 8.34. The van der Waals surface area contributed by atoms with Crippen LogP contribution in [-0.2, 0) is 15.1 Å². The quantitative estimate of drug-likeness (QED) is 0.883. The molecule has 2 fully saturated rings. The summed E-state index contributed by atoms with van der Waals surface area (Å²) in [5, 5.41) is 2.97. The van der Waals surface area contributed by atoms with E-state index in [1.165, 1.54) is 0 Å². The van der Waals surface area contributed by atoms with Crippen LogP contribution in [0.15, 0.2) is 59.1 Å². The largest absolute Gasteiger partial charge is 0.338 e. The number of amides is 2. The van der Waals surface area contributed by atoms with Crippen LogP contribution in [0.3, 0.4) is 0 Å². The van der Waals surface area contributed by atoms with Crippen molar-refractivity contribution in [1.82, 2.24) is 5.32 Å². The molecule has 0 spiro atoms. The van der Waals surface area contributed by atoms with Gasteiger partial charge in [0, 0.05) is 29.0 Å². The highest BCUT2D eigenvalue weighted by Crippen LogP contribution is 2.45. The van der Waals surface area contributed by atoms with Crippen molar-refractivity contribution >= 4 is 33.4 Å². The Labute approximate surface area is 142 Å². The maximum Gasteiger partial charge on any atom is 0.257 e. The minimum atomic E-state index is -0.925. The third-order valence-electron chi connectivity index (χ3n) is 4.73. The summed E-state index contributed by atoms with van der Waals surface area (Å²) in [6, 6.07) is 17.2. The molecule has 2 aromatic rings. The summed E-state index contributed by atoms with van der Waals surface area (Å²) < 4.78 is 0.971. The van der Waals surface area contributed by atoms with Crippen LogP contribution in [0.2, 0.25) is 0 Å². The van der Waals surface area contributed by atoms with E-state index in [4.69, 9.17) is 0 Å². The van der Waals surface area contributed by atoms with Gasteiger partial charge in [-0.1, -0.05) is 46.3 Å². The second-order valence-corrected chi connectivity index (χ2v) is 6.93. The van der Waals surface area contributed by atoms with Crippen molar-refractivity contribution in [2.24, 2.45) is 5.92 Å². The van der Waals surface area contributed by atoms with E-state index in [-0.39, 0.29) is 17.7 Å². The molecule has 2 atom stereocenters. The van der Waals surface area contributed by atoms with Gasteiger partial charge in [0.2, 0.25) is 5.91 Å². The monoisotopic (exact) mass is 370 g/mol. The summed E-state index contributed by atoms with van der Waals surface area (Å²) in [7, 11) is 0. The van der Waals surface area contributed by atoms with Crippen LogP contribution in [0.4, 0.5) is 5.69 Å². The molecule has 0 unspecified atom stereocenters. The lowest BCUT2D eigenvalue weighted by molar-refractivity contribution is -0.127. The van der Waals surface area contributed by atoms with Gasteiger partial charge < -0.3 is 10.2 Å². The molecule has 0 bridgehead atoms. The van der Waals surface area contributed by atoms with Gasteiger partial charge >= 0.3 is 0 Å². The van der Waals surface area contributed by atoms with Crippen LogP contribution in [0, 0.1) is 5.92 Å². The van der Waals surface area contributed by atoms with E-state index >= 15 is 0 Å². The topological polar surface area (TPSA) is 49.4 Å². The summed E-state index contributed by atoms with van der Waals surface area (Å²) in [5.74, 6) is -0.155. The third kappa shape index (κ3) is 2.10. The summed E-state index contributed by atoms with van der Waals surface area (Å²) in [6.07, 6.45) is 0.383.